The molecule has 98 valence electrons. The number of nitrogens with zero attached hydrogens (tertiary/aromatic N) is 2. The number of hydrogen-bond donors (Lipinski definition) is 5. The Morgan fingerprint density at radius 1 is 1.61 bits per heavy atom. The largest absolute Gasteiger partial charge is 0.394 e. The van der Waals surface area contributed by atoms with Crippen LogP contribution in [0.25, 0.3) is 0 Å². The first-order chi connectivity index (χ1) is 8.60. The molecule has 8 nitrogen and oxygen atoms in total. The Morgan fingerprint density at radius 2 is 2.39 bits per heavy atom. The van der Waals surface area contributed by atoms with Gasteiger partial charge in [0.1, 0.15) is 0 Å². The molecule has 1 aliphatic heterocycles. The molecule has 7 N–H and O–H groups in total. The van der Waals surface area contributed by atoms with E-state index >= 15 is 0 Å². The Hall–Kier alpha value is -1.93. The molecule has 2 heterocycles. The van der Waals surface area contributed by atoms with Crippen molar-refractivity contribution >= 4 is 11.8 Å². The minimum atomic E-state index is -0.372. The molecule has 0 aromatic carbocycles. The van der Waals surface area contributed by atoms with Gasteiger partial charge in [0.15, 0.2) is 11.7 Å². The van der Waals surface area contributed by atoms with E-state index in [0.29, 0.717) is 5.82 Å². The Balaban J connectivity index is 2.09. The second kappa shape index (κ2) is 5.15. The summed E-state index contributed by atoms with van der Waals surface area (Å²) in [5.74, 6) is 0.0459. The van der Waals surface area contributed by atoms with Crippen LogP contribution in [0.3, 0.4) is 0 Å². The van der Waals surface area contributed by atoms with Crippen molar-refractivity contribution in [2.75, 3.05) is 6.61 Å². The van der Waals surface area contributed by atoms with E-state index in [0.717, 1.165) is 18.5 Å². The van der Waals surface area contributed by atoms with Crippen LogP contribution < -0.4 is 11.5 Å². The number of hydrogen-bond acceptors (Lipinski definition) is 4. The van der Waals surface area contributed by atoms with Crippen molar-refractivity contribution in [1.29, 1.82) is 5.41 Å². The highest BCUT2D eigenvalue weighted by Crippen LogP contribution is 2.31. The number of aliphatic hydroxyl groups is 1. The third kappa shape index (κ3) is 2.66. The van der Waals surface area contributed by atoms with Gasteiger partial charge in [-0.25, -0.2) is 4.98 Å². The minimum absolute atomic E-state index is 0.0193. The van der Waals surface area contributed by atoms with E-state index in [-0.39, 0.29) is 30.6 Å². The van der Waals surface area contributed by atoms with Gasteiger partial charge in [0, 0.05) is 0 Å². The van der Waals surface area contributed by atoms with Crippen molar-refractivity contribution in [3.8, 4) is 0 Å². The Morgan fingerprint density at radius 3 is 3.00 bits per heavy atom. The van der Waals surface area contributed by atoms with Gasteiger partial charge >= 0.3 is 0 Å². The number of nitrogens with one attached hydrogen (secondary N) is 2. The van der Waals surface area contributed by atoms with Crippen LogP contribution >= 0.6 is 0 Å². The number of aromatic nitrogens is 2. The van der Waals surface area contributed by atoms with Crippen molar-refractivity contribution in [2.24, 2.45) is 16.5 Å². The standard InChI is InChI=1S/C10H16N6O2/c11-8(16-10(12)13)9-14-3-6(15-9)7-2-1-5(4-17)18-7/h3,5,7,17H,1-2,4H2,(H,14,15)(H5,11,12,13,16)/t5?,7-/m1/s1. The highest BCUT2D eigenvalue weighted by molar-refractivity contribution is 6.01. The third-order valence-electron chi connectivity index (χ3n) is 2.74. The van der Waals surface area contributed by atoms with Gasteiger partial charge in [-0.15, -0.1) is 0 Å². The average molecular weight is 252 g/mol. The van der Waals surface area contributed by atoms with Crippen LogP contribution in [0.5, 0.6) is 0 Å². The molecule has 18 heavy (non-hydrogen) atoms. The number of guanidine groups is 1. The molecule has 0 amide bonds. The summed E-state index contributed by atoms with van der Waals surface area (Å²) in [6.45, 7) is 0.0193. The third-order valence-corrected chi connectivity index (χ3v) is 2.74. The van der Waals surface area contributed by atoms with Crippen LogP contribution in [0, 0.1) is 5.41 Å². The maximum atomic E-state index is 9.00. The molecule has 0 radical (unpaired) electrons. The fraction of sp³-hybridized carbons (Fsp3) is 0.500. The highest BCUT2D eigenvalue weighted by atomic mass is 16.5. The topological polar surface area (TPSA) is 146 Å². The first kappa shape index (κ1) is 12.5. The summed E-state index contributed by atoms with van der Waals surface area (Å²) in [7, 11) is 0. The molecule has 1 fully saturated rings. The summed E-state index contributed by atoms with van der Waals surface area (Å²) in [6, 6.07) is 0. The lowest BCUT2D eigenvalue weighted by atomic mass is 10.1. The second-order valence-corrected chi connectivity index (χ2v) is 4.08. The zero-order valence-electron chi connectivity index (χ0n) is 9.76. The van der Waals surface area contributed by atoms with E-state index in [1.165, 1.54) is 0 Å². The monoisotopic (exact) mass is 252 g/mol. The van der Waals surface area contributed by atoms with Gasteiger partial charge in [0.25, 0.3) is 0 Å². The molecule has 0 saturated carbocycles. The summed E-state index contributed by atoms with van der Waals surface area (Å²) in [4.78, 5) is 10.6. The summed E-state index contributed by atoms with van der Waals surface area (Å²) in [6.07, 6.45) is 3.00. The number of aliphatic hydroxyl groups excluding tert-OH is 1. The molecule has 0 bridgehead atoms. The fourth-order valence-electron chi connectivity index (χ4n) is 1.88. The lowest BCUT2D eigenvalue weighted by Crippen LogP contribution is -2.20. The summed E-state index contributed by atoms with van der Waals surface area (Å²) >= 11 is 0. The summed E-state index contributed by atoms with van der Waals surface area (Å²) in [5.41, 5.74) is 11.5. The Labute approximate surface area is 104 Å². The smallest absolute Gasteiger partial charge is 0.214 e. The number of imidazole rings is 1. The Kier molecular flexibility index (Phi) is 3.58. The lowest BCUT2D eigenvalue weighted by Gasteiger charge is -2.09. The number of aromatic amines is 1. The van der Waals surface area contributed by atoms with Crippen molar-refractivity contribution in [1.82, 2.24) is 9.97 Å². The van der Waals surface area contributed by atoms with Crippen LogP contribution in [-0.2, 0) is 4.74 Å². The van der Waals surface area contributed by atoms with Gasteiger partial charge in [-0.3, -0.25) is 5.41 Å². The van der Waals surface area contributed by atoms with Crippen LogP contribution in [0.2, 0.25) is 0 Å². The summed E-state index contributed by atoms with van der Waals surface area (Å²) < 4.78 is 5.60. The van der Waals surface area contributed by atoms with Crippen molar-refractivity contribution in [3.63, 3.8) is 0 Å². The van der Waals surface area contributed by atoms with E-state index < -0.39 is 0 Å². The van der Waals surface area contributed by atoms with Crippen molar-refractivity contribution < 1.29 is 9.84 Å². The first-order valence-electron chi connectivity index (χ1n) is 5.60. The normalized spacial score (nSPS) is 24.4. The van der Waals surface area contributed by atoms with Gasteiger partial charge in [-0.05, 0) is 12.8 Å². The number of amidine groups is 1. The number of aliphatic imine (C=N–C) groups is 1. The first-order valence-corrected chi connectivity index (χ1v) is 5.60. The molecule has 0 aliphatic carbocycles. The van der Waals surface area contributed by atoms with E-state index in [2.05, 4.69) is 15.0 Å². The number of rotatable bonds is 3. The molecule has 1 unspecified atom stereocenters. The van der Waals surface area contributed by atoms with Gasteiger partial charge in [0.05, 0.1) is 30.7 Å². The SMILES string of the molecule is N=C(N)/N=C(/N)c1ncc([C@H]2CCC(CO)O2)[nH]1. The van der Waals surface area contributed by atoms with Crippen LogP contribution in [-0.4, -0.2) is 39.6 Å². The quantitative estimate of drug-likeness (QED) is 0.353. The minimum Gasteiger partial charge on any atom is -0.394 e. The lowest BCUT2D eigenvalue weighted by molar-refractivity contribution is 0.00939. The van der Waals surface area contributed by atoms with Crippen LogP contribution in [0.1, 0.15) is 30.5 Å². The van der Waals surface area contributed by atoms with Gasteiger partial charge in [0.2, 0.25) is 5.96 Å². The van der Waals surface area contributed by atoms with Gasteiger partial charge < -0.3 is 26.3 Å². The second-order valence-electron chi connectivity index (χ2n) is 4.08. The number of nitrogens with two attached hydrogens (primary N) is 2. The molecule has 1 aliphatic rings. The van der Waals surface area contributed by atoms with E-state index in [1.807, 2.05) is 0 Å². The predicted molar refractivity (Wildman–Crippen MR) is 65.2 cm³/mol. The van der Waals surface area contributed by atoms with E-state index in [4.69, 9.17) is 26.7 Å². The Bertz CT molecular complexity index is 469. The highest BCUT2D eigenvalue weighted by Gasteiger charge is 2.27. The zero-order valence-corrected chi connectivity index (χ0v) is 9.76. The van der Waals surface area contributed by atoms with E-state index in [1.54, 1.807) is 6.20 Å². The molecular weight excluding hydrogens is 236 g/mol. The van der Waals surface area contributed by atoms with Gasteiger partial charge in [-0.2, -0.15) is 4.99 Å². The molecule has 1 aromatic rings. The van der Waals surface area contributed by atoms with E-state index in [9.17, 15) is 0 Å². The molecule has 8 heteroatoms. The molecule has 1 aromatic heterocycles. The van der Waals surface area contributed by atoms with Crippen LogP contribution in [0.4, 0.5) is 0 Å². The maximum Gasteiger partial charge on any atom is 0.214 e. The molecule has 1 saturated heterocycles. The zero-order chi connectivity index (χ0) is 13.1. The van der Waals surface area contributed by atoms with Crippen molar-refractivity contribution in [2.45, 2.75) is 25.0 Å². The fourth-order valence-corrected chi connectivity index (χ4v) is 1.88. The van der Waals surface area contributed by atoms with Crippen molar-refractivity contribution in [3.05, 3.63) is 17.7 Å². The average Bonchev–Trinajstić information content (AvgIpc) is 2.96. The predicted octanol–water partition coefficient (Wildman–Crippen LogP) is -0.779. The molecule has 0 spiro atoms. The molecule has 2 atom stereocenters. The maximum absolute atomic E-state index is 9.00. The molecule has 2 rings (SSSR count). The number of H-pyrrole nitrogens is 1. The van der Waals surface area contributed by atoms with Gasteiger partial charge in [-0.1, -0.05) is 0 Å². The summed E-state index contributed by atoms with van der Waals surface area (Å²) in [5, 5.41) is 16.0. The number of ether oxygens (including phenoxy) is 1. The van der Waals surface area contributed by atoms with Crippen LogP contribution in [0.15, 0.2) is 11.2 Å². The molecular formula is C10H16N6O2.